The van der Waals surface area contributed by atoms with Crippen LogP contribution in [-0.2, 0) is 24.5 Å². The van der Waals surface area contributed by atoms with E-state index in [2.05, 4.69) is 0 Å². The van der Waals surface area contributed by atoms with Crippen LogP contribution in [0.2, 0.25) is 0 Å². The summed E-state index contributed by atoms with van der Waals surface area (Å²) >= 11 is 0. The van der Waals surface area contributed by atoms with Gasteiger partial charge in [-0.2, -0.15) is 0 Å². The highest BCUT2D eigenvalue weighted by Crippen LogP contribution is 2.27. The van der Waals surface area contributed by atoms with E-state index in [0.29, 0.717) is 30.2 Å². The SMILES string of the molecule is Cc1c(CC2CCCCC2)n(COCc2ccccc2)c(=O)n(O)c1=O. The third-order valence-corrected chi connectivity index (χ3v) is 5.22. The number of benzene rings is 1. The van der Waals surface area contributed by atoms with E-state index in [-0.39, 0.29) is 11.5 Å². The molecule has 6 nitrogen and oxygen atoms in total. The van der Waals surface area contributed by atoms with Crippen LogP contribution in [0.15, 0.2) is 39.9 Å². The van der Waals surface area contributed by atoms with E-state index in [4.69, 9.17) is 4.74 Å². The van der Waals surface area contributed by atoms with Gasteiger partial charge in [-0.25, -0.2) is 4.79 Å². The topological polar surface area (TPSA) is 73.5 Å². The van der Waals surface area contributed by atoms with Crippen molar-refractivity contribution < 1.29 is 9.94 Å². The standard InChI is InChI=1S/C20H26N2O4/c1-15-18(12-16-8-4-2-5-9-16)21(20(24)22(25)19(15)23)14-26-13-17-10-6-3-7-11-17/h3,6-7,10-11,16,25H,2,4-5,8-9,12-14H2,1H3. The first kappa shape index (κ1) is 18.5. The molecule has 1 saturated carbocycles. The smallest absolute Gasteiger partial charge is 0.366 e. The molecule has 0 saturated heterocycles. The molecule has 1 aliphatic rings. The van der Waals surface area contributed by atoms with E-state index >= 15 is 0 Å². The quantitative estimate of drug-likeness (QED) is 0.806. The maximum Gasteiger partial charge on any atom is 0.366 e. The highest BCUT2D eigenvalue weighted by molar-refractivity contribution is 5.17. The lowest BCUT2D eigenvalue weighted by Gasteiger charge is -2.24. The Morgan fingerprint density at radius 3 is 2.50 bits per heavy atom. The first-order chi connectivity index (χ1) is 12.6. The van der Waals surface area contributed by atoms with E-state index < -0.39 is 11.2 Å². The molecule has 1 aliphatic carbocycles. The summed E-state index contributed by atoms with van der Waals surface area (Å²) in [7, 11) is 0. The van der Waals surface area contributed by atoms with Crippen LogP contribution < -0.4 is 11.2 Å². The van der Waals surface area contributed by atoms with E-state index in [1.807, 2.05) is 30.3 Å². The van der Waals surface area contributed by atoms with Crippen molar-refractivity contribution in [3.63, 3.8) is 0 Å². The Morgan fingerprint density at radius 2 is 1.81 bits per heavy atom. The zero-order valence-corrected chi connectivity index (χ0v) is 15.2. The summed E-state index contributed by atoms with van der Waals surface area (Å²) in [5.74, 6) is 0.469. The van der Waals surface area contributed by atoms with Gasteiger partial charge in [0.05, 0.1) is 6.61 Å². The number of nitrogens with zero attached hydrogens (tertiary/aromatic N) is 2. The van der Waals surface area contributed by atoms with Crippen molar-refractivity contribution in [2.75, 3.05) is 0 Å². The number of aromatic nitrogens is 2. The van der Waals surface area contributed by atoms with Crippen LogP contribution in [0.5, 0.6) is 0 Å². The summed E-state index contributed by atoms with van der Waals surface area (Å²) in [5, 5.41) is 9.83. The van der Waals surface area contributed by atoms with Crippen molar-refractivity contribution in [1.29, 1.82) is 0 Å². The molecule has 0 unspecified atom stereocenters. The molecule has 0 aliphatic heterocycles. The predicted octanol–water partition coefficient (Wildman–Crippen LogP) is 2.85. The van der Waals surface area contributed by atoms with Gasteiger partial charge >= 0.3 is 5.69 Å². The van der Waals surface area contributed by atoms with Crippen LogP contribution in [0.25, 0.3) is 0 Å². The van der Waals surface area contributed by atoms with Gasteiger partial charge in [0.2, 0.25) is 0 Å². The lowest BCUT2D eigenvalue weighted by Crippen LogP contribution is -2.42. The van der Waals surface area contributed by atoms with Crippen molar-refractivity contribution >= 4 is 0 Å². The fraction of sp³-hybridized carbons (Fsp3) is 0.500. The van der Waals surface area contributed by atoms with Crippen LogP contribution >= 0.6 is 0 Å². The molecule has 1 fully saturated rings. The first-order valence-electron chi connectivity index (χ1n) is 9.24. The van der Waals surface area contributed by atoms with Crippen LogP contribution in [0.3, 0.4) is 0 Å². The van der Waals surface area contributed by atoms with Gasteiger partial charge in [0.1, 0.15) is 6.73 Å². The van der Waals surface area contributed by atoms with Crippen LogP contribution in [-0.4, -0.2) is 14.5 Å². The predicted molar refractivity (Wildman–Crippen MR) is 98.4 cm³/mol. The largest absolute Gasteiger partial charge is 0.421 e. The Kier molecular flexibility index (Phi) is 5.93. The second kappa shape index (κ2) is 8.36. The van der Waals surface area contributed by atoms with Gasteiger partial charge in [-0.15, -0.1) is 0 Å². The summed E-state index contributed by atoms with van der Waals surface area (Å²) in [6.07, 6.45) is 6.53. The lowest BCUT2D eigenvalue weighted by atomic mass is 9.85. The Hall–Kier alpha value is -2.34. The summed E-state index contributed by atoms with van der Waals surface area (Å²) in [6.45, 7) is 2.04. The Balaban J connectivity index is 1.84. The van der Waals surface area contributed by atoms with Gasteiger partial charge in [0.15, 0.2) is 0 Å². The van der Waals surface area contributed by atoms with Crippen LogP contribution in [0, 0.1) is 12.8 Å². The summed E-state index contributed by atoms with van der Waals surface area (Å²) in [6, 6.07) is 9.68. The van der Waals surface area contributed by atoms with Crippen molar-refractivity contribution in [3.05, 3.63) is 68.0 Å². The lowest BCUT2D eigenvalue weighted by molar-refractivity contribution is 0.0492. The normalized spacial score (nSPS) is 15.3. The Bertz CT molecular complexity index is 849. The maximum atomic E-state index is 12.4. The molecule has 0 amide bonds. The molecule has 0 radical (unpaired) electrons. The molecule has 0 spiro atoms. The fourth-order valence-corrected chi connectivity index (χ4v) is 3.69. The number of hydrogen-bond acceptors (Lipinski definition) is 4. The second-order valence-electron chi connectivity index (χ2n) is 7.07. The molecule has 6 heteroatoms. The van der Waals surface area contributed by atoms with Gasteiger partial charge in [-0.3, -0.25) is 9.36 Å². The van der Waals surface area contributed by atoms with E-state index in [9.17, 15) is 14.8 Å². The third kappa shape index (κ3) is 4.07. The number of ether oxygens (including phenoxy) is 1. The van der Waals surface area contributed by atoms with E-state index in [0.717, 1.165) is 18.4 Å². The van der Waals surface area contributed by atoms with Crippen molar-refractivity contribution in [1.82, 2.24) is 9.30 Å². The zero-order chi connectivity index (χ0) is 18.5. The average Bonchev–Trinajstić information content (AvgIpc) is 2.68. The Labute approximate surface area is 152 Å². The minimum Gasteiger partial charge on any atom is -0.421 e. The summed E-state index contributed by atoms with van der Waals surface area (Å²) in [4.78, 5) is 24.6. The van der Waals surface area contributed by atoms with Gasteiger partial charge in [0.25, 0.3) is 5.56 Å². The fourth-order valence-electron chi connectivity index (χ4n) is 3.69. The van der Waals surface area contributed by atoms with Crippen molar-refractivity contribution in [2.45, 2.75) is 58.8 Å². The van der Waals surface area contributed by atoms with Gasteiger partial charge in [0, 0.05) is 11.3 Å². The van der Waals surface area contributed by atoms with Gasteiger partial charge in [-0.05, 0) is 24.8 Å². The van der Waals surface area contributed by atoms with Crippen LogP contribution in [0.4, 0.5) is 0 Å². The minimum atomic E-state index is -0.737. The van der Waals surface area contributed by atoms with Gasteiger partial charge < -0.3 is 9.94 Å². The molecular formula is C20H26N2O4. The maximum absolute atomic E-state index is 12.4. The molecule has 3 rings (SSSR count). The molecule has 0 atom stereocenters. The molecule has 1 N–H and O–H groups in total. The van der Waals surface area contributed by atoms with E-state index in [1.54, 1.807) is 6.92 Å². The molecule has 1 aromatic heterocycles. The van der Waals surface area contributed by atoms with Crippen molar-refractivity contribution in [2.24, 2.45) is 5.92 Å². The molecular weight excluding hydrogens is 332 g/mol. The molecule has 1 heterocycles. The highest BCUT2D eigenvalue weighted by Gasteiger charge is 2.21. The number of rotatable bonds is 6. The van der Waals surface area contributed by atoms with Gasteiger partial charge in [-0.1, -0.05) is 67.2 Å². The average molecular weight is 358 g/mol. The number of hydrogen-bond donors (Lipinski definition) is 1. The zero-order valence-electron chi connectivity index (χ0n) is 15.2. The Morgan fingerprint density at radius 1 is 1.12 bits per heavy atom. The third-order valence-electron chi connectivity index (χ3n) is 5.22. The summed E-state index contributed by atoms with van der Waals surface area (Å²) < 4.78 is 7.29. The summed E-state index contributed by atoms with van der Waals surface area (Å²) in [5.41, 5.74) is 0.731. The molecule has 26 heavy (non-hydrogen) atoms. The molecule has 2 aromatic rings. The van der Waals surface area contributed by atoms with E-state index in [1.165, 1.54) is 23.8 Å². The molecule has 0 bridgehead atoms. The van der Waals surface area contributed by atoms with Crippen LogP contribution in [0.1, 0.15) is 48.9 Å². The van der Waals surface area contributed by atoms with Crippen molar-refractivity contribution in [3.8, 4) is 0 Å². The minimum absolute atomic E-state index is 0.0114. The molecule has 1 aromatic carbocycles. The second-order valence-corrected chi connectivity index (χ2v) is 7.07. The highest BCUT2D eigenvalue weighted by atomic mass is 16.5. The monoisotopic (exact) mass is 358 g/mol. The first-order valence-corrected chi connectivity index (χ1v) is 9.24. The molecule has 140 valence electrons.